The van der Waals surface area contributed by atoms with Crippen LogP contribution < -0.4 is 5.32 Å². The Kier molecular flexibility index (Phi) is 10.9. The summed E-state index contributed by atoms with van der Waals surface area (Å²) in [5, 5.41) is 11.5. The predicted molar refractivity (Wildman–Crippen MR) is 215 cm³/mol. The molecule has 0 saturated carbocycles. The molecule has 6 aromatic rings. The van der Waals surface area contributed by atoms with Crippen molar-refractivity contribution in [2.45, 2.75) is 104 Å². The fourth-order valence-electron chi connectivity index (χ4n) is 7.00. The first-order valence-corrected chi connectivity index (χ1v) is 20.0. The van der Waals surface area contributed by atoms with Gasteiger partial charge in [0.2, 0.25) is 0 Å². The van der Waals surface area contributed by atoms with Crippen molar-refractivity contribution in [2.75, 3.05) is 6.54 Å². The molecule has 7 rings (SSSR count). The van der Waals surface area contributed by atoms with Crippen LogP contribution in [0.5, 0.6) is 0 Å². The molecule has 2 nitrogen and oxygen atoms in total. The number of hydrogen-bond donors (Lipinski definition) is 1. The molecule has 6 aromatic carbocycles. The van der Waals surface area contributed by atoms with Gasteiger partial charge in [-0.2, -0.15) is 0 Å². The SMILES string of the molecule is CCCCCCCN=C1NC(C)c2cc3cc(Sc4ccc5ccc(CCCCC)cc5c4)c(Sc4ccc5ccccc5c4)cc3cc21. The molecule has 1 N–H and O–H groups in total. The fourth-order valence-corrected chi connectivity index (χ4v) is 9.10. The quantitative estimate of drug-likeness (QED) is 0.116. The molecule has 0 bridgehead atoms. The minimum Gasteiger partial charge on any atom is -0.363 e. The van der Waals surface area contributed by atoms with Gasteiger partial charge in [-0.1, -0.05) is 130 Å². The van der Waals surface area contributed by atoms with E-state index in [1.54, 1.807) is 0 Å². The largest absolute Gasteiger partial charge is 0.363 e. The van der Waals surface area contributed by atoms with E-state index in [0.29, 0.717) is 0 Å². The van der Waals surface area contributed by atoms with Crippen LogP contribution in [0.25, 0.3) is 32.3 Å². The highest BCUT2D eigenvalue weighted by atomic mass is 32.2. The topological polar surface area (TPSA) is 24.4 Å². The van der Waals surface area contributed by atoms with E-state index in [2.05, 4.69) is 129 Å². The van der Waals surface area contributed by atoms with Crippen molar-refractivity contribution in [1.82, 2.24) is 5.32 Å². The van der Waals surface area contributed by atoms with E-state index in [1.165, 1.54) is 114 Å². The Morgan fingerprint density at radius 2 is 1.18 bits per heavy atom. The third kappa shape index (κ3) is 8.03. The van der Waals surface area contributed by atoms with Crippen LogP contribution in [-0.4, -0.2) is 12.4 Å². The Labute approximate surface area is 301 Å². The van der Waals surface area contributed by atoms with Gasteiger partial charge in [0.15, 0.2) is 0 Å². The van der Waals surface area contributed by atoms with Crippen molar-refractivity contribution in [1.29, 1.82) is 0 Å². The van der Waals surface area contributed by atoms with Crippen LogP contribution in [0.15, 0.2) is 128 Å². The summed E-state index contributed by atoms with van der Waals surface area (Å²) >= 11 is 3.76. The van der Waals surface area contributed by atoms with E-state index in [0.717, 1.165) is 25.2 Å². The molecule has 0 saturated heterocycles. The molecule has 0 amide bonds. The first kappa shape index (κ1) is 33.8. The van der Waals surface area contributed by atoms with Gasteiger partial charge >= 0.3 is 0 Å². The molecule has 1 aliphatic heterocycles. The number of nitrogens with zero attached hydrogens (tertiary/aromatic N) is 1. The fraction of sp³-hybridized carbons (Fsp3) is 0.311. The lowest BCUT2D eigenvalue weighted by atomic mass is 9.99. The molecule has 1 aliphatic rings. The zero-order valence-electron chi connectivity index (χ0n) is 29.2. The van der Waals surface area contributed by atoms with Crippen LogP contribution in [0.3, 0.4) is 0 Å². The molecule has 0 aliphatic carbocycles. The van der Waals surface area contributed by atoms with Crippen molar-refractivity contribution >= 4 is 61.7 Å². The van der Waals surface area contributed by atoms with E-state index in [4.69, 9.17) is 4.99 Å². The summed E-state index contributed by atoms with van der Waals surface area (Å²) in [4.78, 5) is 10.2. The average molecular weight is 681 g/mol. The monoisotopic (exact) mass is 680 g/mol. The van der Waals surface area contributed by atoms with Crippen LogP contribution >= 0.6 is 23.5 Å². The van der Waals surface area contributed by atoms with Crippen molar-refractivity contribution in [2.24, 2.45) is 4.99 Å². The molecule has 49 heavy (non-hydrogen) atoms. The van der Waals surface area contributed by atoms with E-state index >= 15 is 0 Å². The minimum absolute atomic E-state index is 0.257. The Balaban J connectivity index is 1.24. The van der Waals surface area contributed by atoms with Gasteiger partial charge in [-0.15, -0.1) is 0 Å². The smallest absolute Gasteiger partial charge is 0.129 e. The molecule has 1 heterocycles. The molecule has 0 aromatic heterocycles. The van der Waals surface area contributed by atoms with Crippen molar-refractivity contribution < 1.29 is 0 Å². The molecule has 0 fully saturated rings. The number of hydrogen-bond acceptors (Lipinski definition) is 3. The number of nitrogens with one attached hydrogen (secondary N) is 1. The number of benzene rings is 6. The molecular weight excluding hydrogens is 633 g/mol. The summed E-state index contributed by atoms with van der Waals surface area (Å²) in [6, 6.07) is 39.3. The van der Waals surface area contributed by atoms with Crippen LogP contribution in [-0.2, 0) is 6.42 Å². The van der Waals surface area contributed by atoms with Crippen LogP contribution in [0.4, 0.5) is 0 Å². The van der Waals surface area contributed by atoms with Gasteiger partial charge in [0.1, 0.15) is 5.84 Å². The van der Waals surface area contributed by atoms with Crippen LogP contribution in [0.2, 0.25) is 0 Å². The highest BCUT2D eigenvalue weighted by molar-refractivity contribution is 8.02. The van der Waals surface area contributed by atoms with Gasteiger partial charge in [-0.3, -0.25) is 4.99 Å². The minimum atomic E-state index is 0.257. The second-order valence-electron chi connectivity index (χ2n) is 13.6. The first-order chi connectivity index (χ1) is 24.1. The number of rotatable bonds is 14. The van der Waals surface area contributed by atoms with Crippen molar-refractivity contribution in [3.63, 3.8) is 0 Å². The number of fused-ring (bicyclic) bond motifs is 4. The molecule has 0 radical (unpaired) electrons. The summed E-state index contributed by atoms with van der Waals surface area (Å²) in [5.74, 6) is 1.06. The number of amidine groups is 1. The molecular formula is C45H48N2S2. The standard InChI is InChI=1S/C45H48N2S2/c1-4-6-8-9-13-23-46-45-42-28-38-30-44(48-39-21-19-33-15-11-12-16-35(33)25-39)43(29-37(38)27-41(42)31(3)47-45)49-40-22-20-34-18-17-32(14-10-7-5-2)24-36(34)26-40/h11-12,15-22,24-31H,4-10,13-14,23H2,1-3H3,(H,46,47). The van der Waals surface area contributed by atoms with E-state index in [-0.39, 0.29) is 6.04 Å². The normalized spacial score (nSPS) is 15.0. The highest BCUT2D eigenvalue weighted by Gasteiger charge is 2.24. The number of aliphatic imine (C=N–C) groups is 1. The molecule has 1 unspecified atom stereocenters. The lowest BCUT2D eigenvalue weighted by molar-refractivity contribution is 0.637. The molecule has 1 atom stereocenters. The first-order valence-electron chi connectivity index (χ1n) is 18.4. The highest BCUT2D eigenvalue weighted by Crippen LogP contribution is 2.43. The second kappa shape index (κ2) is 15.9. The third-order valence-corrected chi connectivity index (χ3v) is 12.0. The predicted octanol–water partition coefficient (Wildman–Crippen LogP) is 13.6. The zero-order valence-corrected chi connectivity index (χ0v) is 30.9. The molecule has 0 spiro atoms. The Bertz CT molecular complexity index is 2110. The van der Waals surface area contributed by atoms with Crippen molar-refractivity contribution in [3.8, 4) is 0 Å². The second-order valence-corrected chi connectivity index (χ2v) is 15.8. The van der Waals surface area contributed by atoms with Gasteiger partial charge in [-0.25, -0.2) is 0 Å². The zero-order chi connectivity index (χ0) is 33.6. The van der Waals surface area contributed by atoms with Crippen molar-refractivity contribution in [3.05, 3.63) is 120 Å². The van der Waals surface area contributed by atoms with Gasteiger partial charge in [0.05, 0.1) is 6.04 Å². The maximum Gasteiger partial charge on any atom is 0.129 e. The van der Waals surface area contributed by atoms with E-state index in [9.17, 15) is 0 Å². The van der Waals surface area contributed by atoms with Gasteiger partial charge in [0.25, 0.3) is 0 Å². The summed E-state index contributed by atoms with van der Waals surface area (Å²) in [5.41, 5.74) is 4.06. The van der Waals surface area contributed by atoms with Gasteiger partial charge in [-0.05, 0) is 118 Å². The Morgan fingerprint density at radius 3 is 1.94 bits per heavy atom. The van der Waals surface area contributed by atoms with E-state index in [1.807, 2.05) is 23.5 Å². The average Bonchev–Trinajstić information content (AvgIpc) is 3.42. The Hall–Kier alpha value is -3.73. The van der Waals surface area contributed by atoms with Gasteiger partial charge < -0.3 is 5.32 Å². The van der Waals surface area contributed by atoms with Crippen LogP contribution in [0, 0.1) is 0 Å². The Morgan fingerprint density at radius 1 is 0.571 bits per heavy atom. The lowest BCUT2D eigenvalue weighted by Crippen LogP contribution is -2.18. The maximum atomic E-state index is 5.06. The summed E-state index contributed by atoms with van der Waals surface area (Å²) < 4.78 is 0. The summed E-state index contributed by atoms with van der Waals surface area (Å²) in [7, 11) is 0. The van der Waals surface area contributed by atoms with E-state index < -0.39 is 0 Å². The summed E-state index contributed by atoms with van der Waals surface area (Å²) in [6.07, 6.45) is 11.3. The third-order valence-electron chi connectivity index (χ3n) is 9.80. The lowest BCUT2D eigenvalue weighted by Gasteiger charge is -2.14. The number of unbranched alkanes of at least 4 members (excludes halogenated alkanes) is 6. The molecule has 250 valence electrons. The van der Waals surface area contributed by atoms with Gasteiger partial charge in [0, 0.05) is 31.7 Å². The maximum absolute atomic E-state index is 5.06. The molecule has 4 heteroatoms. The summed E-state index contributed by atoms with van der Waals surface area (Å²) in [6.45, 7) is 7.70. The number of aryl methyl sites for hydroxylation is 1. The van der Waals surface area contributed by atoms with Crippen LogP contribution in [0.1, 0.15) is 94.9 Å².